The molecule has 2 aromatic carbocycles. The Morgan fingerprint density at radius 3 is 2.58 bits per heavy atom. The van der Waals surface area contributed by atoms with Crippen LogP contribution >= 0.6 is 0 Å². The first-order chi connectivity index (χ1) is 14.9. The molecule has 158 valence electrons. The molecule has 0 bridgehead atoms. The molecule has 0 saturated heterocycles. The number of carbonyl (C=O) groups excluding carboxylic acids is 2. The van der Waals surface area contributed by atoms with Crippen molar-refractivity contribution in [3.63, 3.8) is 0 Å². The molecule has 4 rings (SSSR count). The van der Waals surface area contributed by atoms with Crippen LogP contribution in [0.1, 0.15) is 34.1 Å². The third-order valence-corrected chi connectivity index (χ3v) is 5.42. The summed E-state index contributed by atoms with van der Waals surface area (Å²) in [6.45, 7) is 4.08. The molecule has 1 aliphatic heterocycles. The number of anilines is 1. The lowest BCUT2D eigenvalue weighted by molar-refractivity contribution is -0.122. The van der Waals surface area contributed by atoms with Crippen LogP contribution in [0.15, 0.2) is 65.5 Å². The molecular formula is C24H24N4O3. The van der Waals surface area contributed by atoms with Crippen molar-refractivity contribution in [3.05, 3.63) is 93.4 Å². The highest BCUT2D eigenvalue weighted by molar-refractivity contribution is 6.06. The van der Waals surface area contributed by atoms with Crippen LogP contribution in [-0.2, 0) is 24.3 Å². The average Bonchev–Trinajstić information content (AvgIpc) is 3.10. The van der Waals surface area contributed by atoms with Crippen molar-refractivity contribution in [1.82, 2.24) is 15.1 Å². The normalized spacial score (nSPS) is 14.9. The number of rotatable bonds is 5. The summed E-state index contributed by atoms with van der Waals surface area (Å²) in [6.07, 6.45) is 0.767. The van der Waals surface area contributed by atoms with E-state index >= 15 is 0 Å². The third-order valence-electron chi connectivity index (χ3n) is 5.42. The summed E-state index contributed by atoms with van der Waals surface area (Å²) in [6, 6.07) is 18.3. The minimum absolute atomic E-state index is 0.00936. The Balaban J connectivity index is 1.48. The Kier molecular flexibility index (Phi) is 5.66. The Labute approximate surface area is 180 Å². The maximum atomic E-state index is 13.2. The van der Waals surface area contributed by atoms with Crippen LogP contribution in [0.5, 0.6) is 0 Å². The Bertz CT molecular complexity index is 1180. The average molecular weight is 416 g/mol. The smallest absolute Gasteiger partial charge is 0.278 e. The third kappa shape index (κ3) is 4.40. The zero-order chi connectivity index (χ0) is 22.0. The fourth-order valence-corrected chi connectivity index (χ4v) is 3.77. The van der Waals surface area contributed by atoms with Crippen LogP contribution in [0, 0.1) is 6.92 Å². The van der Waals surface area contributed by atoms with Crippen LogP contribution in [0.4, 0.5) is 5.69 Å². The van der Waals surface area contributed by atoms with Gasteiger partial charge in [-0.3, -0.25) is 14.4 Å². The Hall–Kier alpha value is -3.74. The van der Waals surface area contributed by atoms with Gasteiger partial charge in [-0.25, -0.2) is 4.68 Å². The number of para-hydroxylation sites is 1. The molecule has 3 aromatic rings. The number of carbonyl (C=O) groups is 2. The minimum Gasteiger partial charge on any atom is -0.350 e. The summed E-state index contributed by atoms with van der Waals surface area (Å²) in [5, 5.41) is 6.97. The summed E-state index contributed by atoms with van der Waals surface area (Å²) >= 11 is 0. The summed E-state index contributed by atoms with van der Waals surface area (Å²) in [5.41, 5.74) is 3.76. The molecule has 2 amide bonds. The quantitative estimate of drug-likeness (QED) is 0.693. The van der Waals surface area contributed by atoms with E-state index in [0.717, 1.165) is 33.5 Å². The molecule has 1 atom stereocenters. The predicted molar refractivity (Wildman–Crippen MR) is 118 cm³/mol. The number of amides is 2. The van der Waals surface area contributed by atoms with E-state index in [9.17, 15) is 14.4 Å². The molecule has 0 fully saturated rings. The van der Waals surface area contributed by atoms with Crippen LogP contribution in [0.3, 0.4) is 0 Å². The van der Waals surface area contributed by atoms with Crippen molar-refractivity contribution in [2.75, 3.05) is 4.90 Å². The van der Waals surface area contributed by atoms with Crippen molar-refractivity contribution in [2.45, 2.75) is 39.4 Å². The lowest BCUT2D eigenvalue weighted by Crippen LogP contribution is -2.38. The Morgan fingerprint density at radius 2 is 1.81 bits per heavy atom. The van der Waals surface area contributed by atoms with Crippen LogP contribution < -0.4 is 15.8 Å². The van der Waals surface area contributed by atoms with E-state index in [1.54, 1.807) is 4.90 Å². The topological polar surface area (TPSA) is 84.3 Å². The lowest BCUT2D eigenvalue weighted by Gasteiger charge is -2.22. The van der Waals surface area contributed by atoms with Gasteiger partial charge in [0.15, 0.2) is 0 Å². The standard InChI is InChI=1S/C24H24N4O3/c1-16-7-9-18(10-8-16)14-25-22(29)15-27-23(30)12-11-20(26-27)24(31)28-17(2)13-19-5-3-4-6-21(19)28/h3-12,17H,13-15H2,1-2H3,(H,25,29)/t17-/m0/s1. The summed E-state index contributed by atoms with van der Waals surface area (Å²) in [4.78, 5) is 39.4. The highest BCUT2D eigenvalue weighted by atomic mass is 16.2. The Morgan fingerprint density at radius 1 is 1.06 bits per heavy atom. The van der Waals surface area contributed by atoms with Crippen molar-refractivity contribution in [3.8, 4) is 0 Å². The number of hydrogen-bond donors (Lipinski definition) is 1. The van der Waals surface area contributed by atoms with Crippen molar-refractivity contribution >= 4 is 17.5 Å². The molecule has 2 heterocycles. The molecule has 1 aromatic heterocycles. The van der Waals surface area contributed by atoms with Crippen LogP contribution in [0.25, 0.3) is 0 Å². The van der Waals surface area contributed by atoms with Gasteiger partial charge in [-0.15, -0.1) is 0 Å². The molecule has 0 saturated carbocycles. The predicted octanol–water partition coefficient (Wildman–Crippen LogP) is 2.46. The molecule has 7 nitrogen and oxygen atoms in total. The van der Waals surface area contributed by atoms with E-state index in [2.05, 4.69) is 10.4 Å². The van der Waals surface area contributed by atoms with Gasteiger partial charge in [-0.2, -0.15) is 5.10 Å². The second-order valence-electron chi connectivity index (χ2n) is 7.83. The van der Waals surface area contributed by atoms with E-state index in [-0.39, 0.29) is 30.1 Å². The molecule has 1 N–H and O–H groups in total. The van der Waals surface area contributed by atoms with E-state index in [1.807, 2.05) is 62.4 Å². The number of nitrogens with zero attached hydrogens (tertiary/aromatic N) is 3. The lowest BCUT2D eigenvalue weighted by atomic mass is 10.1. The first kappa shape index (κ1) is 20.5. The molecular weight excluding hydrogens is 392 g/mol. The van der Waals surface area contributed by atoms with Crippen molar-refractivity contribution < 1.29 is 9.59 Å². The molecule has 31 heavy (non-hydrogen) atoms. The number of nitrogens with one attached hydrogen (secondary N) is 1. The van der Waals surface area contributed by atoms with Crippen LogP contribution in [-0.4, -0.2) is 27.6 Å². The van der Waals surface area contributed by atoms with Gasteiger partial charge in [-0.05, 0) is 43.5 Å². The molecule has 0 spiro atoms. The molecule has 0 unspecified atom stereocenters. The largest absolute Gasteiger partial charge is 0.350 e. The van der Waals surface area contributed by atoms with Gasteiger partial charge in [0.2, 0.25) is 5.91 Å². The number of aromatic nitrogens is 2. The van der Waals surface area contributed by atoms with Gasteiger partial charge in [0, 0.05) is 24.3 Å². The van der Waals surface area contributed by atoms with E-state index < -0.39 is 5.56 Å². The SMILES string of the molecule is Cc1ccc(CNC(=O)Cn2nc(C(=O)N3c4ccccc4C[C@@H]3C)ccc2=O)cc1. The maximum Gasteiger partial charge on any atom is 0.278 e. The monoisotopic (exact) mass is 416 g/mol. The van der Waals surface area contributed by atoms with Gasteiger partial charge >= 0.3 is 0 Å². The van der Waals surface area contributed by atoms with E-state index in [4.69, 9.17) is 0 Å². The highest BCUT2D eigenvalue weighted by Gasteiger charge is 2.32. The van der Waals surface area contributed by atoms with Gasteiger partial charge in [0.05, 0.1) is 0 Å². The fraction of sp³-hybridized carbons (Fsp3) is 0.250. The second kappa shape index (κ2) is 8.55. The summed E-state index contributed by atoms with van der Waals surface area (Å²) in [7, 11) is 0. The van der Waals surface area contributed by atoms with Crippen LogP contribution in [0.2, 0.25) is 0 Å². The van der Waals surface area contributed by atoms with Gasteiger partial charge in [0.25, 0.3) is 11.5 Å². The molecule has 0 radical (unpaired) electrons. The highest BCUT2D eigenvalue weighted by Crippen LogP contribution is 2.32. The maximum absolute atomic E-state index is 13.2. The number of fused-ring (bicyclic) bond motifs is 1. The molecule has 7 heteroatoms. The molecule has 0 aliphatic carbocycles. The van der Waals surface area contributed by atoms with E-state index in [1.165, 1.54) is 12.1 Å². The number of hydrogen-bond acceptors (Lipinski definition) is 4. The zero-order valence-electron chi connectivity index (χ0n) is 17.5. The number of benzene rings is 2. The molecule has 1 aliphatic rings. The van der Waals surface area contributed by atoms with Gasteiger partial charge in [0.1, 0.15) is 12.2 Å². The zero-order valence-corrected chi connectivity index (χ0v) is 17.5. The number of aryl methyl sites for hydroxylation is 1. The minimum atomic E-state index is -0.433. The van der Waals surface area contributed by atoms with Gasteiger partial charge in [-0.1, -0.05) is 48.0 Å². The first-order valence-corrected chi connectivity index (χ1v) is 10.2. The fourth-order valence-electron chi connectivity index (χ4n) is 3.77. The summed E-state index contributed by atoms with van der Waals surface area (Å²) < 4.78 is 1.03. The first-order valence-electron chi connectivity index (χ1n) is 10.2. The van der Waals surface area contributed by atoms with Crippen molar-refractivity contribution in [1.29, 1.82) is 0 Å². The van der Waals surface area contributed by atoms with E-state index in [0.29, 0.717) is 6.54 Å². The second-order valence-corrected chi connectivity index (χ2v) is 7.83. The van der Waals surface area contributed by atoms with Gasteiger partial charge < -0.3 is 10.2 Å². The summed E-state index contributed by atoms with van der Waals surface area (Å²) in [5.74, 6) is -0.633. The van der Waals surface area contributed by atoms with Crippen molar-refractivity contribution in [2.24, 2.45) is 0 Å².